The highest BCUT2D eigenvalue weighted by molar-refractivity contribution is 7.90. The number of carbonyl (C=O) groups excluding carboxylic acids is 3. The van der Waals surface area contributed by atoms with E-state index in [0.717, 1.165) is 24.1 Å². The zero-order chi connectivity index (χ0) is 34.6. The number of rotatable bonds is 10. The zero-order valence-corrected chi connectivity index (χ0v) is 26.1. The summed E-state index contributed by atoms with van der Waals surface area (Å²) >= 11 is 5.92. The lowest BCUT2D eigenvalue weighted by Crippen LogP contribution is -2.40. The second-order valence-electron chi connectivity index (χ2n) is 10.5. The average molecular weight is 692 g/mol. The Hall–Kier alpha value is -4.11. The Morgan fingerprint density at radius 3 is 1.78 bits per heavy atom. The van der Waals surface area contributed by atoms with Crippen LogP contribution >= 0.6 is 11.6 Å². The summed E-state index contributed by atoms with van der Waals surface area (Å²) in [6.07, 6.45) is -11.1. The predicted molar refractivity (Wildman–Crippen MR) is 157 cm³/mol. The molecule has 0 saturated carbocycles. The first kappa shape index (κ1) is 36.4. The molecule has 248 valence electrons. The average Bonchev–Trinajstić information content (AvgIpc) is 2.97. The fourth-order valence-electron chi connectivity index (χ4n) is 4.37. The molecule has 1 atom stereocenters. The second-order valence-corrected chi connectivity index (χ2v) is 12.6. The smallest absolute Gasteiger partial charge is 0.345 e. The third-order valence-electron chi connectivity index (χ3n) is 6.86. The van der Waals surface area contributed by atoms with Crippen LogP contribution in [0.2, 0.25) is 5.02 Å². The van der Waals surface area contributed by atoms with E-state index in [1.165, 1.54) is 43.3 Å². The molecule has 0 bridgehead atoms. The molecule has 8 nitrogen and oxygen atoms in total. The Morgan fingerprint density at radius 1 is 0.783 bits per heavy atom. The molecule has 0 radical (unpaired) electrons. The van der Waals surface area contributed by atoms with Gasteiger partial charge in [-0.2, -0.15) is 26.3 Å². The molecular formula is C30H28ClF6N3O5S. The topological polar surface area (TPSA) is 104 Å². The summed E-state index contributed by atoms with van der Waals surface area (Å²) in [6.45, 7) is 0. The van der Waals surface area contributed by atoms with E-state index in [1.54, 1.807) is 12.1 Å². The lowest BCUT2D eigenvalue weighted by atomic mass is 9.98. The van der Waals surface area contributed by atoms with Gasteiger partial charge in [-0.05, 0) is 73.0 Å². The first-order valence-corrected chi connectivity index (χ1v) is 15.2. The van der Waals surface area contributed by atoms with Crippen molar-refractivity contribution in [1.29, 1.82) is 0 Å². The quantitative estimate of drug-likeness (QED) is 0.261. The van der Waals surface area contributed by atoms with E-state index in [-0.39, 0.29) is 35.3 Å². The molecule has 0 aromatic heterocycles. The number of halogens is 7. The van der Waals surface area contributed by atoms with Gasteiger partial charge in [0.05, 0.1) is 16.0 Å². The summed E-state index contributed by atoms with van der Waals surface area (Å²) in [6, 6.07) is 10.5. The van der Waals surface area contributed by atoms with Gasteiger partial charge in [0.1, 0.15) is 0 Å². The highest BCUT2D eigenvalue weighted by Crippen LogP contribution is 2.36. The van der Waals surface area contributed by atoms with Gasteiger partial charge in [0, 0.05) is 49.8 Å². The monoisotopic (exact) mass is 691 g/mol. The molecule has 16 heteroatoms. The summed E-state index contributed by atoms with van der Waals surface area (Å²) in [5.74, 6) is -2.55. The largest absolute Gasteiger partial charge is 0.416 e. The number of sulfonamides is 1. The lowest BCUT2D eigenvalue weighted by molar-refractivity contribution is -0.143. The van der Waals surface area contributed by atoms with Crippen molar-refractivity contribution in [3.05, 3.63) is 99.6 Å². The molecule has 0 spiro atoms. The van der Waals surface area contributed by atoms with E-state index >= 15 is 0 Å². The second kappa shape index (κ2) is 14.1. The molecule has 1 unspecified atom stereocenters. The van der Waals surface area contributed by atoms with Crippen LogP contribution < -0.4 is 4.72 Å². The van der Waals surface area contributed by atoms with Crippen LogP contribution in [0.1, 0.15) is 50.2 Å². The normalized spacial score (nSPS) is 12.7. The minimum Gasteiger partial charge on any atom is -0.345 e. The van der Waals surface area contributed by atoms with Crippen molar-refractivity contribution in [2.75, 3.05) is 21.1 Å². The van der Waals surface area contributed by atoms with Crippen LogP contribution in [0.25, 0.3) is 0 Å². The number of alkyl halides is 6. The highest BCUT2D eigenvalue weighted by atomic mass is 35.5. The number of nitrogens with zero attached hydrogens (tertiary/aromatic N) is 2. The van der Waals surface area contributed by atoms with Crippen molar-refractivity contribution >= 4 is 39.3 Å². The van der Waals surface area contributed by atoms with Crippen LogP contribution in [-0.2, 0) is 33.6 Å². The number of hydrogen-bond donors (Lipinski definition) is 1. The highest BCUT2D eigenvalue weighted by Gasteiger charge is 2.38. The third kappa shape index (κ3) is 9.45. The predicted octanol–water partition coefficient (Wildman–Crippen LogP) is 6.05. The maximum atomic E-state index is 13.4. The van der Waals surface area contributed by atoms with Crippen molar-refractivity contribution in [1.82, 2.24) is 14.5 Å². The van der Waals surface area contributed by atoms with Gasteiger partial charge in [0.2, 0.25) is 5.91 Å². The molecule has 0 saturated heterocycles. The van der Waals surface area contributed by atoms with Gasteiger partial charge < -0.3 is 9.80 Å². The molecule has 0 heterocycles. The molecule has 3 amide bonds. The summed E-state index contributed by atoms with van der Waals surface area (Å²) < 4.78 is 108. The Bertz CT molecular complexity index is 1660. The van der Waals surface area contributed by atoms with Crippen LogP contribution in [0.4, 0.5) is 26.3 Å². The van der Waals surface area contributed by atoms with Crippen LogP contribution in [0.15, 0.2) is 71.6 Å². The minimum atomic E-state index is -5.18. The minimum absolute atomic E-state index is 0.00804. The van der Waals surface area contributed by atoms with Crippen LogP contribution in [0, 0.1) is 0 Å². The standard InChI is InChI=1S/C30H28ClF6N3O5S/c1-39(2)27(42)19-6-11-25(12-7-19)46(44,45)38-26(41)13-10-24(14-18-4-8-23(31)9-5-18)40(3)28(43)20-15-21(29(32,33)34)17-22(16-20)30(35,36)37/h4-9,11-12,15-17,24H,10,13-14H2,1-3H3,(H,38,41). The maximum Gasteiger partial charge on any atom is 0.416 e. The molecule has 3 rings (SSSR count). The molecule has 1 N–H and O–H groups in total. The van der Waals surface area contributed by atoms with Gasteiger partial charge in [0.25, 0.3) is 21.8 Å². The Morgan fingerprint density at radius 2 is 1.30 bits per heavy atom. The van der Waals surface area contributed by atoms with E-state index < -0.39 is 63.3 Å². The van der Waals surface area contributed by atoms with Crippen LogP contribution in [0.3, 0.4) is 0 Å². The number of hydrogen-bond acceptors (Lipinski definition) is 5. The lowest BCUT2D eigenvalue weighted by Gasteiger charge is -2.29. The maximum absolute atomic E-state index is 13.4. The van der Waals surface area contributed by atoms with E-state index in [1.807, 2.05) is 4.72 Å². The van der Waals surface area contributed by atoms with Crippen LogP contribution in [-0.4, -0.2) is 63.1 Å². The number of amides is 3. The fraction of sp³-hybridized carbons (Fsp3) is 0.300. The number of likely N-dealkylation sites (N-methyl/N-ethyl adjacent to an activating group) is 1. The molecule has 3 aromatic rings. The Labute approximate surface area is 266 Å². The summed E-state index contributed by atoms with van der Waals surface area (Å²) in [4.78, 5) is 40.0. The van der Waals surface area contributed by atoms with Crippen molar-refractivity contribution in [3.8, 4) is 0 Å². The van der Waals surface area contributed by atoms with E-state index in [4.69, 9.17) is 11.6 Å². The molecule has 0 aliphatic carbocycles. The van der Waals surface area contributed by atoms with Crippen molar-refractivity contribution in [3.63, 3.8) is 0 Å². The van der Waals surface area contributed by atoms with Gasteiger partial charge in [-0.25, -0.2) is 13.1 Å². The molecule has 0 fully saturated rings. The molecule has 46 heavy (non-hydrogen) atoms. The van der Waals surface area contributed by atoms with Gasteiger partial charge in [-0.3, -0.25) is 14.4 Å². The van der Waals surface area contributed by atoms with Crippen molar-refractivity contribution in [2.45, 2.75) is 42.6 Å². The SMILES string of the molecule is CN(C)C(=O)c1ccc(S(=O)(=O)NC(=O)CCC(Cc2ccc(Cl)cc2)N(C)C(=O)c2cc(C(F)(F)F)cc(C(F)(F)F)c2)cc1. The number of carbonyl (C=O) groups is 3. The van der Waals surface area contributed by atoms with Gasteiger partial charge in [-0.15, -0.1) is 0 Å². The molecular weight excluding hydrogens is 664 g/mol. The first-order chi connectivity index (χ1) is 21.2. The van der Waals surface area contributed by atoms with Crippen molar-refractivity contribution in [2.24, 2.45) is 0 Å². The Balaban J connectivity index is 1.85. The van der Waals surface area contributed by atoms with E-state index in [9.17, 15) is 49.1 Å². The van der Waals surface area contributed by atoms with Gasteiger partial charge >= 0.3 is 12.4 Å². The first-order valence-electron chi connectivity index (χ1n) is 13.4. The van der Waals surface area contributed by atoms with Gasteiger partial charge in [0.15, 0.2) is 0 Å². The summed E-state index contributed by atoms with van der Waals surface area (Å²) in [7, 11) is -0.206. The Kier molecular flexibility index (Phi) is 11.2. The van der Waals surface area contributed by atoms with E-state index in [2.05, 4.69) is 0 Å². The third-order valence-corrected chi connectivity index (χ3v) is 8.50. The van der Waals surface area contributed by atoms with Gasteiger partial charge in [-0.1, -0.05) is 23.7 Å². The zero-order valence-electron chi connectivity index (χ0n) is 24.5. The number of nitrogens with one attached hydrogen (secondary N) is 1. The summed E-state index contributed by atoms with van der Waals surface area (Å²) in [5, 5.41) is 0.372. The van der Waals surface area contributed by atoms with Crippen molar-refractivity contribution < 1.29 is 49.1 Å². The number of benzene rings is 3. The fourth-order valence-corrected chi connectivity index (χ4v) is 5.51. The molecule has 0 aliphatic heterocycles. The molecule has 0 aliphatic rings. The molecule has 3 aromatic carbocycles. The van der Waals surface area contributed by atoms with Crippen LogP contribution in [0.5, 0.6) is 0 Å². The summed E-state index contributed by atoms with van der Waals surface area (Å²) in [5.41, 5.74) is -3.45. The van der Waals surface area contributed by atoms with E-state index in [0.29, 0.717) is 22.7 Å².